The average Bonchev–Trinajstić information content (AvgIpc) is 3.02. The van der Waals surface area contributed by atoms with Gasteiger partial charge in [-0.1, -0.05) is 11.6 Å². The van der Waals surface area contributed by atoms with Crippen LogP contribution in [0.15, 0.2) is 18.2 Å². The monoisotopic (exact) mass is 290 g/mol. The summed E-state index contributed by atoms with van der Waals surface area (Å²) in [5.74, 6) is 1.21. The minimum absolute atomic E-state index is 0.0783. The molecule has 5 N–H and O–H groups in total. The van der Waals surface area contributed by atoms with Gasteiger partial charge in [-0.25, -0.2) is 4.98 Å². The van der Waals surface area contributed by atoms with Crippen LogP contribution in [0.5, 0.6) is 0 Å². The number of amidine groups is 1. The second kappa shape index (κ2) is 4.79. The number of nitrogen functional groups attached to an aromatic ring is 1. The number of H-pyrrole nitrogens is 1. The third-order valence-electron chi connectivity index (χ3n) is 3.62. The van der Waals surface area contributed by atoms with Gasteiger partial charge in [-0.15, -0.1) is 0 Å². The van der Waals surface area contributed by atoms with E-state index in [0.717, 1.165) is 29.8 Å². The number of benzene rings is 1. The zero-order valence-corrected chi connectivity index (χ0v) is 11.5. The number of hydrogen-bond acceptors (Lipinski definition) is 4. The first-order chi connectivity index (χ1) is 9.54. The lowest BCUT2D eigenvalue weighted by Gasteiger charge is -2.16. The van der Waals surface area contributed by atoms with E-state index in [1.54, 1.807) is 0 Å². The van der Waals surface area contributed by atoms with Crippen LogP contribution in [0.1, 0.15) is 18.2 Å². The molecule has 1 atom stereocenters. The first kappa shape index (κ1) is 12.9. The lowest BCUT2D eigenvalue weighted by atomic mass is 10.1. The van der Waals surface area contributed by atoms with Crippen LogP contribution in [0, 0.1) is 10.8 Å². The van der Waals surface area contributed by atoms with Gasteiger partial charge in [-0.05, 0) is 24.6 Å². The molecule has 0 aliphatic carbocycles. The third kappa shape index (κ3) is 2.22. The van der Waals surface area contributed by atoms with E-state index in [0.29, 0.717) is 12.2 Å². The van der Waals surface area contributed by atoms with Crippen LogP contribution in [-0.2, 0) is 0 Å². The van der Waals surface area contributed by atoms with Crippen molar-refractivity contribution >= 4 is 39.3 Å². The van der Waals surface area contributed by atoms with Gasteiger partial charge in [0, 0.05) is 24.7 Å². The minimum Gasteiger partial charge on any atom is -0.399 e. The smallest absolute Gasteiger partial charge is 0.163 e. The SMILES string of the molecule is N=C(Cl)C(=N)N1CCC(c2nc3cc(N)ccc3[nH]2)C1. The van der Waals surface area contributed by atoms with Gasteiger partial charge in [-0.3, -0.25) is 10.8 Å². The fraction of sp³-hybridized carbons (Fsp3) is 0.308. The number of anilines is 1. The number of aromatic amines is 1. The third-order valence-corrected chi connectivity index (χ3v) is 3.80. The molecular formula is C13H15ClN6. The molecule has 0 radical (unpaired) electrons. The molecule has 7 heteroatoms. The molecule has 0 saturated carbocycles. The maximum atomic E-state index is 7.75. The number of hydrogen-bond donors (Lipinski definition) is 4. The van der Waals surface area contributed by atoms with Gasteiger partial charge < -0.3 is 15.6 Å². The van der Waals surface area contributed by atoms with Crippen molar-refractivity contribution in [3.05, 3.63) is 24.0 Å². The van der Waals surface area contributed by atoms with Crippen LogP contribution in [0.3, 0.4) is 0 Å². The predicted molar refractivity (Wildman–Crippen MR) is 80.7 cm³/mol. The second-order valence-corrected chi connectivity index (χ2v) is 5.37. The van der Waals surface area contributed by atoms with Crippen LogP contribution in [0.4, 0.5) is 5.69 Å². The molecule has 0 bridgehead atoms. The molecule has 1 unspecified atom stereocenters. The van der Waals surface area contributed by atoms with Crippen molar-refractivity contribution in [3.8, 4) is 0 Å². The molecule has 1 fully saturated rings. The van der Waals surface area contributed by atoms with E-state index in [1.807, 2.05) is 23.1 Å². The van der Waals surface area contributed by atoms with E-state index in [1.165, 1.54) is 0 Å². The molecule has 0 spiro atoms. The first-order valence-electron chi connectivity index (χ1n) is 6.37. The van der Waals surface area contributed by atoms with E-state index in [4.69, 9.17) is 28.2 Å². The fourth-order valence-corrected chi connectivity index (χ4v) is 2.68. The van der Waals surface area contributed by atoms with Gasteiger partial charge in [0.05, 0.1) is 11.0 Å². The van der Waals surface area contributed by atoms with Crippen LogP contribution < -0.4 is 5.73 Å². The van der Waals surface area contributed by atoms with Crippen LogP contribution in [0.2, 0.25) is 0 Å². The molecule has 1 saturated heterocycles. The van der Waals surface area contributed by atoms with Crippen molar-refractivity contribution in [1.29, 1.82) is 10.8 Å². The summed E-state index contributed by atoms with van der Waals surface area (Å²) in [7, 11) is 0. The number of fused-ring (bicyclic) bond motifs is 1. The summed E-state index contributed by atoms with van der Waals surface area (Å²) in [4.78, 5) is 9.68. The van der Waals surface area contributed by atoms with Crippen molar-refractivity contribution in [2.45, 2.75) is 12.3 Å². The second-order valence-electron chi connectivity index (χ2n) is 4.99. The molecule has 6 nitrogen and oxygen atoms in total. The van der Waals surface area contributed by atoms with Gasteiger partial charge in [0.25, 0.3) is 0 Å². The number of nitrogens with one attached hydrogen (secondary N) is 3. The number of aromatic nitrogens is 2. The standard InChI is InChI=1S/C13H15ClN6/c14-11(16)12(17)20-4-3-7(6-20)13-18-9-2-1-8(15)5-10(9)19-13/h1-2,5,7,16-17H,3-4,6,15H2,(H,18,19). The molecule has 1 aromatic heterocycles. The van der Waals surface area contributed by atoms with Crippen molar-refractivity contribution in [2.75, 3.05) is 18.8 Å². The van der Waals surface area contributed by atoms with Gasteiger partial charge in [0.1, 0.15) is 5.82 Å². The number of nitrogens with two attached hydrogens (primary N) is 1. The quantitative estimate of drug-likeness (QED) is 0.387. The molecule has 104 valence electrons. The zero-order valence-electron chi connectivity index (χ0n) is 10.8. The molecule has 2 aromatic rings. The summed E-state index contributed by atoms with van der Waals surface area (Å²) >= 11 is 5.56. The van der Waals surface area contributed by atoms with Crippen molar-refractivity contribution < 1.29 is 0 Å². The first-order valence-corrected chi connectivity index (χ1v) is 6.75. The van der Waals surface area contributed by atoms with Crippen LogP contribution in [-0.4, -0.2) is 39.0 Å². The normalized spacial score (nSPS) is 18.6. The van der Waals surface area contributed by atoms with Gasteiger partial charge in [0.15, 0.2) is 11.0 Å². The Bertz CT molecular complexity index is 691. The number of nitrogens with zero attached hydrogens (tertiary/aromatic N) is 2. The molecule has 3 rings (SSSR count). The van der Waals surface area contributed by atoms with E-state index in [-0.39, 0.29) is 16.9 Å². The summed E-state index contributed by atoms with van der Waals surface area (Å²) in [6.07, 6.45) is 0.891. The van der Waals surface area contributed by atoms with Crippen molar-refractivity contribution in [2.24, 2.45) is 0 Å². The molecule has 1 aromatic carbocycles. The Morgan fingerprint density at radius 2 is 2.25 bits per heavy atom. The number of likely N-dealkylation sites (tertiary alicyclic amines) is 1. The Hall–Kier alpha value is -2.08. The van der Waals surface area contributed by atoms with E-state index >= 15 is 0 Å². The maximum Gasteiger partial charge on any atom is 0.163 e. The summed E-state index contributed by atoms with van der Waals surface area (Å²) in [6, 6.07) is 5.61. The van der Waals surface area contributed by atoms with Gasteiger partial charge >= 0.3 is 0 Å². The van der Waals surface area contributed by atoms with Crippen LogP contribution in [0.25, 0.3) is 11.0 Å². The summed E-state index contributed by atoms with van der Waals surface area (Å²) in [5, 5.41) is 14.8. The zero-order chi connectivity index (χ0) is 14.3. The minimum atomic E-state index is -0.219. The molecule has 0 amide bonds. The van der Waals surface area contributed by atoms with Crippen molar-refractivity contribution in [1.82, 2.24) is 14.9 Å². The van der Waals surface area contributed by atoms with Crippen molar-refractivity contribution in [3.63, 3.8) is 0 Å². The predicted octanol–water partition coefficient (Wildman–Crippen LogP) is 2.13. The van der Waals surface area contributed by atoms with E-state index < -0.39 is 0 Å². The number of imidazole rings is 1. The summed E-state index contributed by atoms with van der Waals surface area (Å²) < 4.78 is 0. The van der Waals surface area contributed by atoms with E-state index in [9.17, 15) is 0 Å². The van der Waals surface area contributed by atoms with Gasteiger partial charge in [0.2, 0.25) is 0 Å². The van der Waals surface area contributed by atoms with E-state index in [2.05, 4.69) is 9.97 Å². The highest BCUT2D eigenvalue weighted by atomic mass is 35.5. The molecule has 20 heavy (non-hydrogen) atoms. The highest BCUT2D eigenvalue weighted by Crippen LogP contribution is 2.27. The average molecular weight is 291 g/mol. The highest BCUT2D eigenvalue weighted by molar-refractivity contribution is 6.82. The molecule has 2 heterocycles. The van der Waals surface area contributed by atoms with Gasteiger partial charge in [-0.2, -0.15) is 0 Å². The molecule has 1 aliphatic rings. The lowest BCUT2D eigenvalue weighted by Crippen LogP contribution is -2.31. The fourth-order valence-electron chi connectivity index (χ4n) is 2.56. The van der Waals surface area contributed by atoms with Crippen LogP contribution >= 0.6 is 11.6 Å². The molecular weight excluding hydrogens is 276 g/mol. The number of halogens is 1. The largest absolute Gasteiger partial charge is 0.399 e. The lowest BCUT2D eigenvalue weighted by molar-refractivity contribution is 0.511. The Morgan fingerprint density at radius 1 is 1.45 bits per heavy atom. The number of rotatable bonds is 2. The Balaban J connectivity index is 1.82. The summed E-state index contributed by atoms with van der Waals surface area (Å²) in [6.45, 7) is 1.38. The maximum absolute atomic E-state index is 7.75. The Kier molecular flexibility index (Phi) is 3.10. The highest BCUT2D eigenvalue weighted by Gasteiger charge is 2.28. The molecule has 1 aliphatic heterocycles. The Morgan fingerprint density at radius 3 is 3.00 bits per heavy atom. The topological polar surface area (TPSA) is 106 Å². The Labute approximate surface area is 120 Å². The summed E-state index contributed by atoms with van der Waals surface area (Å²) in [5.41, 5.74) is 8.27.